The summed E-state index contributed by atoms with van der Waals surface area (Å²) < 4.78 is 9.45. The van der Waals surface area contributed by atoms with Gasteiger partial charge in [0.15, 0.2) is 0 Å². The summed E-state index contributed by atoms with van der Waals surface area (Å²) in [4.78, 5) is 11.3. The molecule has 0 atom stereocenters. The lowest BCUT2D eigenvalue weighted by Gasteiger charge is -2.20. The van der Waals surface area contributed by atoms with Crippen molar-refractivity contribution in [2.75, 3.05) is 21.3 Å². The second-order valence-corrected chi connectivity index (χ2v) is 1.55. The number of carbonyl (C=O) groups is 1. The number of hydrogen-bond acceptors (Lipinski definition) is 3. The normalized spacial score (nSPS) is 9.78. The van der Waals surface area contributed by atoms with Crippen LogP contribution in [0.3, 0.4) is 0 Å². The molecule has 0 bridgehead atoms. The van der Waals surface area contributed by atoms with Gasteiger partial charge in [0, 0.05) is 21.3 Å². The van der Waals surface area contributed by atoms with Gasteiger partial charge in [-0.3, -0.25) is 9.69 Å². The van der Waals surface area contributed by atoms with Gasteiger partial charge in [-0.15, -0.1) is 0 Å². The van der Waals surface area contributed by atoms with Crippen molar-refractivity contribution in [1.29, 1.82) is 0 Å². The molecular formula is C5H11NO3. The van der Waals surface area contributed by atoms with Crippen LogP contribution in [0.2, 0.25) is 0 Å². The molecule has 0 unspecified atom stereocenters. The maximum absolute atomic E-state index is 10.0. The first kappa shape index (κ1) is 8.39. The molecule has 4 nitrogen and oxygen atoms in total. The second-order valence-electron chi connectivity index (χ2n) is 1.55. The molecule has 54 valence electrons. The second kappa shape index (κ2) is 4.29. The molecule has 1 amide bonds. The Bertz CT molecular complexity index is 82.3. The lowest BCUT2D eigenvalue weighted by atomic mass is 10.8. The van der Waals surface area contributed by atoms with Crippen LogP contribution in [-0.4, -0.2) is 39.0 Å². The van der Waals surface area contributed by atoms with Gasteiger partial charge in [-0.1, -0.05) is 0 Å². The summed E-state index contributed by atoms with van der Waals surface area (Å²) in [6.45, 7) is 0. The predicted molar refractivity (Wildman–Crippen MR) is 31.6 cm³/mol. The molecule has 9 heavy (non-hydrogen) atoms. The molecule has 0 heterocycles. The van der Waals surface area contributed by atoms with E-state index in [2.05, 4.69) is 0 Å². The van der Waals surface area contributed by atoms with Crippen molar-refractivity contribution in [3.8, 4) is 0 Å². The Morgan fingerprint density at radius 1 is 1.44 bits per heavy atom. The summed E-state index contributed by atoms with van der Waals surface area (Å²) in [5.41, 5.74) is 0. The standard InChI is InChI=1S/C5H11NO3/c1-6(4-7)5(8-2)9-3/h4-5H,1-3H3. The van der Waals surface area contributed by atoms with Crippen molar-refractivity contribution < 1.29 is 14.3 Å². The van der Waals surface area contributed by atoms with Crippen LogP contribution in [0.25, 0.3) is 0 Å². The molecule has 0 spiro atoms. The van der Waals surface area contributed by atoms with Crippen LogP contribution in [0, 0.1) is 0 Å². The minimum atomic E-state index is -0.567. The number of carbonyl (C=O) groups excluding carboxylic acids is 1. The van der Waals surface area contributed by atoms with E-state index in [9.17, 15) is 4.79 Å². The minimum Gasteiger partial charge on any atom is -0.339 e. The highest BCUT2D eigenvalue weighted by Gasteiger charge is 2.07. The third kappa shape index (κ3) is 2.43. The molecule has 0 aromatic carbocycles. The van der Waals surface area contributed by atoms with Gasteiger partial charge in [-0.2, -0.15) is 0 Å². The van der Waals surface area contributed by atoms with Gasteiger partial charge < -0.3 is 9.47 Å². The number of nitrogens with zero attached hydrogens (tertiary/aromatic N) is 1. The Labute approximate surface area is 54.3 Å². The fourth-order valence-electron chi connectivity index (χ4n) is 0.478. The third-order valence-electron chi connectivity index (χ3n) is 0.902. The smallest absolute Gasteiger partial charge is 0.241 e. The number of methoxy groups -OCH3 is 2. The van der Waals surface area contributed by atoms with Crippen LogP contribution in [0.15, 0.2) is 0 Å². The molecular weight excluding hydrogens is 122 g/mol. The maximum Gasteiger partial charge on any atom is 0.241 e. The number of hydrogen-bond donors (Lipinski definition) is 0. The molecule has 0 N–H and O–H groups in total. The van der Waals surface area contributed by atoms with E-state index in [0.717, 1.165) is 0 Å². The van der Waals surface area contributed by atoms with Crippen LogP contribution < -0.4 is 0 Å². The number of ether oxygens (including phenoxy) is 2. The van der Waals surface area contributed by atoms with E-state index in [1.54, 1.807) is 7.05 Å². The molecule has 0 rings (SSSR count). The molecule has 0 saturated carbocycles. The quantitative estimate of drug-likeness (QED) is 0.388. The van der Waals surface area contributed by atoms with Crippen molar-refractivity contribution in [1.82, 2.24) is 4.90 Å². The van der Waals surface area contributed by atoms with Crippen LogP contribution in [0.1, 0.15) is 0 Å². The van der Waals surface area contributed by atoms with E-state index >= 15 is 0 Å². The number of amides is 1. The van der Waals surface area contributed by atoms with Crippen molar-refractivity contribution >= 4 is 6.41 Å². The first-order valence-electron chi connectivity index (χ1n) is 2.49. The van der Waals surface area contributed by atoms with Gasteiger partial charge in [0.05, 0.1) is 0 Å². The van der Waals surface area contributed by atoms with E-state index in [0.29, 0.717) is 6.41 Å². The van der Waals surface area contributed by atoms with Crippen LogP contribution in [0.4, 0.5) is 0 Å². The topological polar surface area (TPSA) is 38.8 Å². The zero-order valence-corrected chi connectivity index (χ0v) is 5.83. The lowest BCUT2D eigenvalue weighted by Crippen LogP contribution is -2.33. The third-order valence-corrected chi connectivity index (χ3v) is 0.902. The van der Waals surface area contributed by atoms with Crippen molar-refractivity contribution in [2.24, 2.45) is 0 Å². The summed E-state index contributed by atoms with van der Waals surface area (Å²) in [6.07, 6.45) is 0.0694. The molecule has 4 heteroatoms. The molecule has 0 aliphatic heterocycles. The van der Waals surface area contributed by atoms with Gasteiger partial charge in [-0.25, -0.2) is 0 Å². The first-order chi connectivity index (χ1) is 4.26. The van der Waals surface area contributed by atoms with Gasteiger partial charge in [0.25, 0.3) is 0 Å². The predicted octanol–water partition coefficient (Wildman–Crippen LogP) is -0.349. The summed E-state index contributed by atoms with van der Waals surface area (Å²) >= 11 is 0. The summed E-state index contributed by atoms with van der Waals surface area (Å²) in [7, 11) is 4.51. The van der Waals surface area contributed by atoms with Crippen molar-refractivity contribution in [2.45, 2.75) is 6.41 Å². The average molecular weight is 133 g/mol. The highest BCUT2D eigenvalue weighted by atomic mass is 16.7. The molecule has 0 aromatic heterocycles. The van der Waals surface area contributed by atoms with E-state index in [1.165, 1.54) is 19.1 Å². The lowest BCUT2D eigenvalue weighted by molar-refractivity contribution is -0.187. The molecule has 0 aliphatic carbocycles. The Morgan fingerprint density at radius 2 is 1.89 bits per heavy atom. The highest BCUT2D eigenvalue weighted by Crippen LogP contribution is 1.92. The minimum absolute atomic E-state index is 0.567. The largest absolute Gasteiger partial charge is 0.339 e. The molecule has 0 aliphatic rings. The monoisotopic (exact) mass is 133 g/mol. The van der Waals surface area contributed by atoms with Crippen molar-refractivity contribution in [3.05, 3.63) is 0 Å². The first-order valence-corrected chi connectivity index (χ1v) is 2.49. The van der Waals surface area contributed by atoms with Crippen LogP contribution in [-0.2, 0) is 14.3 Å². The summed E-state index contributed by atoms with van der Waals surface area (Å²) in [5, 5.41) is 0. The molecule has 0 aromatic rings. The Hall–Kier alpha value is -0.610. The van der Waals surface area contributed by atoms with Gasteiger partial charge in [0.1, 0.15) is 0 Å². The Morgan fingerprint density at radius 3 is 2.00 bits per heavy atom. The number of rotatable bonds is 4. The van der Waals surface area contributed by atoms with E-state index < -0.39 is 6.41 Å². The zero-order valence-electron chi connectivity index (χ0n) is 5.83. The van der Waals surface area contributed by atoms with Crippen molar-refractivity contribution in [3.63, 3.8) is 0 Å². The Balaban J connectivity index is 3.63. The fraction of sp³-hybridized carbons (Fsp3) is 0.800. The van der Waals surface area contributed by atoms with E-state index in [-0.39, 0.29) is 0 Å². The zero-order chi connectivity index (χ0) is 7.28. The summed E-state index contributed by atoms with van der Waals surface area (Å²) in [6, 6.07) is 0. The molecule has 0 fully saturated rings. The fourth-order valence-corrected chi connectivity index (χ4v) is 0.478. The SMILES string of the molecule is COC(OC)N(C)C=O. The van der Waals surface area contributed by atoms with Gasteiger partial charge >= 0.3 is 0 Å². The van der Waals surface area contributed by atoms with Gasteiger partial charge in [0.2, 0.25) is 12.8 Å². The molecule has 0 radical (unpaired) electrons. The van der Waals surface area contributed by atoms with E-state index in [4.69, 9.17) is 9.47 Å². The van der Waals surface area contributed by atoms with E-state index in [1.807, 2.05) is 0 Å². The van der Waals surface area contributed by atoms with Crippen LogP contribution in [0.5, 0.6) is 0 Å². The highest BCUT2D eigenvalue weighted by molar-refractivity contribution is 5.46. The van der Waals surface area contributed by atoms with Gasteiger partial charge in [-0.05, 0) is 0 Å². The summed E-state index contributed by atoms with van der Waals surface area (Å²) in [5.74, 6) is 0. The average Bonchev–Trinajstić information content (AvgIpc) is 1.90. The maximum atomic E-state index is 10.0. The molecule has 0 saturated heterocycles. The Kier molecular flexibility index (Phi) is 4.00. The van der Waals surface area contributed by atoms with Crippen LogP contribution >= 0.6 is 0 Å².